The predicted octanol–water partition coefficient (Wildman–Crippen LogP) is 3.39. The first-order valence-corrected chi connectivity index (χ1v) is 7.80. The largest absolute Gasteiger partial charge is 0.374 e. The van der Waals surface area contributed by atoms with Gasteiger partial charge in [0.15, 0.2) is 0 Å². The summed E-state index contributed by atoms with van der Waals surface area (Å²) in [5, 5.41) is 2.80. The maximum atomic E-state index is 12.9. The summed E-state index contributed by atoms with van der Waals surface area (Å²) in [6, 6.07) is 9.74. The number of aromatic nitrogens is 1. The standard InChI is InChI=1S/C18H22FN3O/c1-3-4-11-22(2)16-9-10-20-17(12-16)18(23)21-13-14-5-7-15(19)8-6-14/h5-10,12H,3-4,11,13H2,1-2H3,(H,21,23). The molecule has 2 rings (SSSR count). The fourth-order valence-corrected chi connectivity index (χ4v) is 2.18. The Hall–Kier alpha value is -2.43. The van der Waals surface area contributed by atoms with E-state index in [4.69, 9.17) is 0 Å². The number of pyridine rings is 1. The molecule has 1 N–H and O–H groups in total. The summed E-state index contributed by atoms with van der Waals surface area (Å²) in [5.41, 5.74) is 2.20. The third kappa shape index (κ3) is 5.06. The summed E-state index contributed by atoms with van der Waals surface area (Å²) in [6.07, 6.45) is 3.87. The van der Waals surface area contributed by atoms with Crippen LogP contribution in [0.5, 0.6) is 0 Å². The van der Waals surface area contributed by atoms with E-state index in [0.717, 1.165) is 30.6 Å². The minimum Gasteiger partial charge on any atom is -0.374 e. The molecule has 1 amide bonds. The summed E-state index contributed by atoms with van der Waals surface area (Å²) in [4.78, 5) is 18.5. The fourth-order valence-electron chi connectivity index (χ4n) is 2.18. The number of unbranched alkanes of at least 4 members (excludes halogenated alkanes) is 1. The van der Waals surface area contributed by atoms with Crippen molar-refractivity contribution < 1.29 is 9.18 Å². The van der Waals surface area contributed by atoms with Gasteiger partial charge in [0.05, 0.1) is 0 Å². The lowest BCUT2D eigenvalue weighted by atomic mass is 10.2. The molecule has 0 aliphatic carbocycles. The third-order valence-corrected chi connectivity index (χ3v) is 3.63. The van der Waals surface area contributed by atoms with E-state index in [1.807, 2.05) is 13.1 Å². The van der Waals surface area contributed by atoms with Crippen molar-refractivity contribution in [2.45, 2.75) is 26.3 Å². The first-order chi connectivity index (χ1) is 11.1. The molecule has 1 aromatic heterocycles. The van der Waals surface area contributed by atoms with Crippen LogP contribution in [0.3, 0.4) is 0 Å². The molecule has 0 saturated carbocycles. The number of halogens is 1. The lowest BCUT2D eigenvalue weighted by molar-refractivity contribution is 0.0946. The Balaban J connectivity index is 1.97. The van der Waals surface area contributed by atoms with Crippen molar-refractivity contribution in [3.05, 3.63) is 59.7 Å². The highest BCUT2D eigenvalue weighted by Gasteiger charge is 2.09. The molecule has 2 aromatic rings. The first kappa shape index (κ1) is 16.9. The molecule has 0 aliphatic heterocycles. The molecule has 23 heavy (non-hydrogen) atoms. The average molecular weight is 315 g/mol. The number of benzene rings is 1. The van der Waals surface area contributed by atoms with Gasteiger partial charge < -0.3 is 10.2 Å². The van der Waals surface area contributed by atoms with E-state index < -0.39 is 0 Å². The van der Waals surface area contributed by atoms with E-state index in [-0.39, 0.29) is 11.7 Å². The molecular weight excluding hydrogens is 293 g/mol. The van der Waals surface area contributed by atoms with Gasteiger partial charge in [0.25, 0.3) is 5.91 Å². The topological polar surface area (TPSA) is 45.2 Å². The van der Waals surface area contributed by atoms with Gasteiger partial charge in [-0.25, -0.2) is 4.39 Å². The van der Waals surface area contributed by atoms with Crippen molar-refractivity contribution in [2.24, 2.45) is 0 Å². The van der Waals surface area contributed by atoms with Crippen LogP contribution in [-0.4, -0.2) is 24.5 Å². The van der Waals surface area contributed by atoms with Gasteiger partial charge in [-0.05, 0) is 36.2 Å². The van der Waals surface area contributed by atoms with Crippen molar-refractivity contribution in [1.29, 1.82) is 0 Å². The Kier molecular flexibility index (Phi) is 6.09. The van der Waals surface area contributed by atoms with Crippen LogP contribution < -0.4 is 10.2 Å². The minimum atomic E-state index is -0.287. The number of rotatable bonds is 7. The lowest BCUT2D eigenvalue weighted by Crippen LogP contribution is -2.25. The Labute approximate surface area is 136 Å². The van der Waals surface area contributed by atoms with Crippen molar-refractivity contribution in [1.82, 2.24) is 10.3 Å². The highest BCUT2D eigenvalue weighted by atomic mass is 19.1. The summed E-state index contributed by atoms with van der Waals surface area (Å²) < 4.78 is 12.9. The monoisotopic (exact) mass is 315 g/mol. The number of nitrogens with zero attached hydrogens (tertiary/aromatic N) is 2. The van der Waals surface area contributed by atoms with E-state index in [1.54, 1.807) is 24.4 Å². The smallest absolute Gasteiger partial charge is 0.270 e. The number of nitrogens with one attached hydrogen (secondary N) is 1. The van der Waals surface area contributed by atoms with Crippen LogP contribution in [0.15, 0.2) is 42.6 Å². The Bertz CT molecular complexity index is 643. The fraction of sp³-hybridized carbons (Fsp3) is 0.333. The zero-order valence-corrected chi connectivity index (χ0v) is 13.6. The molecule has 1 aromatic carbocycles. The van der Waals surface area contributed by atoms with Gasteiger partial charge in [0.1, 0.15) is 11.5 Å². The molecule has 0 aliphatic rings. The Morgan fingerprint density at radius 2 is 2.00 bits per heavy atom. The van der Waals surface area contributed by atoms with Gasteiger partial charge in [-0.15, -0.1) is 0 Å². The molecule has 0 bridgehead atoms. The van der Waals surface area contributed by atoms with E-state index in [1.165, 1.54) is 12.1 Å². The van der Waals surface area contributed by atoms with E-state index in [2.05, 4.69) is 22.1 Å². The molecule has 0 atom stereocenters. The molecule has 1 heterocycles. The van der Waals surface area contributed by atoms with Crippen LogP contribution in [0.2, 0.25) is 0 Å². The van der Waals surface area contributed by atoms with Crippen molar-refractivity contribution >= 4 is 11.6 Å². The Morgan fingerprint density at radius 1 is 1.26 bits per heavy atom. The highest BCUT2D eigenvalue weighted by molar-refractivity contribution is 5.93. The number of amides is 1. The van der Waals surface area contributed by atoms with Crippen molar-refractivity contribution in [3.8, 4) is 0 Å². The minimum absolute atomic E-state index is 0.236. The van der Waals surface area contributed by atoms with Gasteiger partial charge >= 0.3 is 0 Å². The van der Waals surface area contributed by atoms with Crippen LogP contribution >= 0.6 is 0 Å². The van der Waals surface area contributed by atoms with Crippen molar-refractivity contribution in [2.75, 3.05) is 18.5 Å². The van der Waals surface area contributed by atoms with Crippen LogP contribution in [0, 0.1) is 5.82 Å². The molecule has 0 saturated heterocycles. The number of carbonyl (C=O) groups excluding carboxylic acids is 1. The third-order valence-electron chi connectivity index (χ3n) is 3.63. The van der Waals surface area contributed by atoms with Crippen LogP contribution in [0.1, 0.15) is 35.8 Å². The van der Waals surface area contributed by atoms with Crippen molar-refractivity contribution in [3.63, 3.8) is 0 Å². The second-order valence-electron chi connectivity index (χ2n) is 5.48. The van der Waals surface area contributed by atoms with E-state index in [0.29, 0.717) is 12.2 Å². The maximum absolute atomic E-state index is 12.9. The summed E-state index contributed by atoms with van der Waals surface area (Å²) in [7, 11) is 2.01. The summed E-state index contributed by atoms with van der Waals surface area (Å²) in [5.74, 6) is -0.523. The molecular formula is C18H22FN3O. The van der Waals surface area contributed by atoms with Crippen LogP contribution in [-0.2, 0) is 6.54 Å². The molecule has 0 unspecified atom stereocenters. The molecule has 5 heteroatoms. The number of hydrogen-bond donors (Lipinski definition) is 1. The van der Waals surface area contributed by atoms with Gasteiger partial charge in [-0.2, -0.15) is 0 Å². The van der Waals surface area contributed by atoms with Gasteiger partial charge in [0.2, 0.25) is 0 Å². The summed E-state index contributed by atoms with van der Waals surface area (Å²) >= 11 is 0. The molecule has 0 fully saturated rings. The second kappa shape index (κ2) is 8.27. The van der Waals surface area contributed by atoms with Gasteiger partial charge in [0, 0.05) is 32.0 Å². The SMILES string of the molecule is CCCCN(C)c1ccnc(C(=O)NCc2ccc(F)cc2)c1. The zero-order valence-electron chi connectivity index (χ0n) is 13.6. The zero-order chi connectivity index (χ0) is 16.7. The van der Waals surface area contributed by atoms with Crippen LogP contribution in [0.4, 0.5) is 10.1 Å². The lowest BCUT2D eigenvalue weighted by Gasteiger charge is -2.19. The number of anilines is 1. The highest BCUT2D eigenvalue weighted by Crippen LogP contribution is 2.14. The first-order valence-electron chi connectivity index (χ1n) is 7.80. The predicted molar refractivity (Wildman–Crippen MR) is 90.0 cm³/mol. The average Bonchev–Trinajstić information content (AvgIpc) is 2.59. The molecule has 122 valence electrons. The quantitative estimate of drug-likeness (QED) is 0.852. The maximum Gasteiger partial charge on any atom is 0.270 e. The molecule has 0 radical (unpaired) electrons. The van der Waals surface area contributed by atoms with E-state index in [9.17, 15) is 9.18 Å². The number of carbonyl (C=O) groups is 1. The van der Waals surface area contributed by atoms with Gasteiger partial charge in [-0.3, -0.25) is 9.78 Å². The van der Waals surface area contributed by atoms with Gasteiger partial charge in [-0.1, -0.05) is 25.5 Å². The van der Waals surface area contributed by atoms with E-state index >= 15 is 0 Å². The molecule has 0 spiro atoms. The summed E-state index contributed by atoms with van der Waals surface area (Å²) in [6.45, 7) is 3.43. The normalized spacial score (nSPS) is 10.4. The molecule has 4 nitrogen and oxygen atoms in total. The second-order valence-corrected chi connectivity index (χ2v) is 5.48. The Morgan fingerprint density at radius 3 is 2.70 bits per heavy atom. The number of hydrogen-bond acceptors (Lipinski definition) is 3. The van der Waals surface area contributed by atoms with Crippen LogP contribution in [0.25, 0.3) is 0 Å².